The lowest BCUT2D eigenvalue weighted by molar-refractivity contribution is 0.0684. The maximum absolute atomic E-state index is 12.0. The number of carboxylic acids is 1. The quantitative estimate of drug-likeness (QED) is 0.405. The van der Waals surface area contributed by atoms with E-state index in [1.807, 2.05) is 0 Å². The number of nitrogens with zero attached hydrogens (tertiary/aromatic N) is 5. The fraction of sp³-hybridized carbons (Fsp3) is 0.793. The highest BCUT2D eigenvalue weighted by molar-refractivity contribution is 5.91. The van der Waals surface area contributed by atoms with Gasteiger partial charge in [0.2, 0.25) is 11.8 Å². The Kier molecular flexibility index (Phi) is 7.91. The standard InChI is InChI=1S/C29H46N6O2/c1-18(2)16-23-10-5-6-15-34(23)29-33-26-24(35(29)17-21-13-11-19(3)12-14-21)25(31-27(32-26)28(36)37)30-20(4)22-8-7-9-22/h18-23H,5-17H2,1-4H3,(H,36,37)(H,30,31,32)/t19-,20-,21-,23?/m1/s1. The molecule has 204 valence electrons. The number of carbonyl (C=O) groups is 1. The lowest BCUT2D eigenvalue weighted by Gasteiger charge is -2.38. The third-order valence-corrected chi connectivity index (χ3v) is 9.20. The van der Waals surface area contributed by atoms with Gasteiger partial charge in [0.05, 0.1) is 0 Å². The van der Waals surface area contributed by atoms with Gasteiger partial charge >= 0.3 is 5.97 Å². The second-order valence-electron chi connectivity index (χ2n) is 12.6. The molecule has 37 heavy (non-hydrogen) atoms. The Labute approximate surface area is 221 Å². The van der Waals surface area contributed by atoms with Crippen LogP contribution in [0.15, 0.2) is 0 Å². The van der Waals surface area contributed by atoms with Gasteiger partial charge in [0.25, 0.3) is 0 Å². The minimum absolute atomic E-state index is 0.170. The summed E-state index contributed by atoms with van der Waals surface area (Å²) in [5.74, 6) is 2.95. The number of imidazole rings is 1. The van der Waals surface area contributed by atoms with Crippen molar-refractivity contribution >= 4 is 28.9 Å². The van der Waals surface area contributed by atoms with Crippen molar-refractivity contribution in [2.24, 2.45) is 23.7 Å². The van der Waals surface area contributed by atoms with E-state index in [1.165, 1.54) is 57.8 Å². The molecule has 2 aliphatic carbocycles. The predicted molar refractivity (Wildman–Crippen MR) is 148 cm³/mol. The van der Waals surface area contributed by atoms with Gasteiger partial charge in [0, 0.05) is 25.2 Å². The van der Waals surface area contributed by atoms with Crippen LogP contribution in [0.25, 0.3) is 11.2 Å². The maximum Gasteiger partial charge on any atom is 0.374 e. The van der Waals surface area contributed by atoms with Crippen molar-refractivity contribution in [3.05, 3.63) is 5.82 Å². The fourth-order valence-electron chi connectivity index (χ4n) is 6.71. The van der Waals surface area contributed by atoms with Crippen LogP contribution in [0.2, 0.25) is 0 Å². The van der Waals surface area contributed by atoms with Crippen LogP contribution in [0.5, 0.6) is 0 Å². The summed E-state index contributed by atoms with van der Waals surface area (Å²) in [4.78, 5) is 28.7. The van der Waals surface area contributed by atoms with E-state index in [2.05, 4.69) is 52.4 Å². The fourth-order valence-corrected chi connectivity index (χ4v) is 6.71. The SMILES string of the molecule is CC(C)CC1CCCCN1c1nc2nc(C(=O)O)nc(N[C@H](C)C3CCC3)c2n1C[C@H]1CC[C@H](C)CC1. The highest BCUT2D eigenvalue weighted by atomic mass is 16.4. The number of aromatic nitrogens is 4. The summed E-state index contributed by atoms with van der Waals surface area (Å²) in [6.45, 7) is 11.0. The van der Waals surface area contributed by atoms with Gasteiger partial charge in [-0.1, -0.05) is 40.0 Å². The first-order valence-corrected chi connectivity index (χ1v) is 14.8. The molecule has 0 amide bonds. The first-order valence-electron chi connectivity index (χ1n) is 14.8. The van der Waals surface area contributed by atoms with E-state index in [0.29, 0.717) is 35.3 Å². The van der Waals surface area contributed by atoms with Crippen LogP contribution < -0.4 is 10.2 Å². The van der Waals surface area contributed by atoms with Gasteiger partial charge in [0.1, 0.15) is 5.52 Å². The normalized spacial score (nSPS) is 25.9. The minimum Gasteiger partial charge on any atom is -0.475 e. The Hall–Kier alpha value is -2.38. The third kappa shape index (κ3) is 5.73. The van der Waals surface area contributed by atoms with E-state index in [1.54, 1.807) is 0 Å². The molecule has 2 atom stereocenters. The summed E-state index contributed by atoms with van der Waals surface area (Å²) >= 11 is 0. The average Bonchev–Trinajstić information content (AvgIpc) is 3.17. The summed E-state index contributed by atoms with van der Waals surface area (Å²) in [7, 11) is 0. The summed E-state index contributed by atoms with van der Waals surface area (Å²) in [5.41, 5.74) is 1.41. The molecule has 3 aliphatic rings. The van der Waals surface area contributed by atoms with Gasteiger partial charge in [-0.15, -0.1) is 0 Å². The third-order valence-electron chi connectivity index (χ3n) is 9.20. The van der Waals surface area contributed by atoms with E-state index < -0.39 is 5.97 Å². The highest BCUT2D eigenvalue weighted by Crippen LogP contribution is 2.37. The number of fused-ring (bicyclic) bond motifs is 1. The molecule has 1 unspecified atom stereocenters. The monoisotopic (exact) mass is 510 g/mol. The molecule has 2 aromatic heterocycles. The molecule has 8 nitrogen and oxygen atoms in total. The molecule has 0 radical (unpaired) electrons. The molecule has 2 aromatic rings. The van der Waals surface area contributed by atoms with Crippen LogP contribution >= 0.6 is 0 Å². The molecular formula is C29H46N6O2. The Morgan fingerprint density at radius 3 is 2.41 bits per heavy atom. The molecule has 0 aromatic carbocycles. The molecule has 5 rings (SSSR count). The first-order chi connectivity index (χ1) is 17.8. The first kappa shape index (κ1) is 26.2. The number of carboxylic acid groups (broad SMARTS) is 1. The maximum atomic E-state index is 12.0. The van der Waals surface area contributed by atoms with Gasteiger partial charge < -0.3 is 19.9 Å². The molecule has 2 N–H and O–H groups in total. The Morgan fingerprint density at radius 2 is 1.76 bits per heavy atom. The average molecular weight is 511 g/mol. The predicted octanol–water partition coefficient (Wildman–Crippen LogP) is 6.36. The smallest absolute Gasteiger partial charge is 0.374 e. The van der Waals surface area contributed by atoms with Gasteiger partial charge in [0.15, 0.2) is 11.5 Å². The van der Waals surface area contributed by atoms with Crippen molar-refractivity contribution in [2.75, 3.05) is 16.8 Å². The zero-order valence-electron chi connectivity index (χ0n) is 23.2. The lowest BCUT2D eigenvalue weighted by atomic mass is 9.80. The largest absolute Gasteiger partial charge is 0.475 e. The topological polar surface area (TPSA) is 96.2 Å². The molecule has 2 saturated carbocycles. The Bertz CT molecular complexity index is 1090. The second-order valence-corrected chi connectivity index (χ2v) is 12.6. The second kappa shape index (κ2) is 11.2. The van der Waals surface area contributed by atoms with Crippen molar-refractivity contribution in [3.8, 4) is 0 Å². The zero-order chi connectivity index (χ0) is 26.1. The summed E-state index contributed by atoms with van der Waals surface area (Å²) in [5, 5.41) is 13.5. The van der Waals surface area contributed by atoms with E-state index in [0.717, 1.165) is 43.3 Å². The van der Waals surface area contributed by atoms with Crippen LogP contribution in [0, 0.1) is 23.7 Å². The van der Waals surface area contributed by atoms with Crippen LogP contribution in [-0.4, -0.2) is 49.2 Å². The van der Waals surface area contributed by atoms with Crippen molar-refractivity contribution in [3.63, 3.8) is 0 Å². The Balaban J connectivity index is 1.60. The van der Waals surface area contributed by atoms with Gasteiger partial charge in [-0.05, 0) is 82.0 Å². The van der Waals surface area contributed by atoms with Crippen LogP contribution in [0.3, 0.4) is 0 Å². The van der Waals surface area contributed by atoms with Crippen LogP contribution in [0.1, 0.15) is 109 Å². The van der Waals surface area contributed by atoms with Crippen molar-refractivity contribution < 1.29 is 9.90 Å². The summed E-state index contributed by atoms with van der Waals surface area (Å²) < 4.78 is 2.37. The molecule has 3 fully saturated rings. The van der Waals surface area contributed by atoms with E-state index in [4.69, 9.17) is 4.98 Å². The number of aromatic carboxylic acids is 1. The summed E-state index contributed by atoms with van der Waals surface area (Å²) in [6, 6.07) is 0.687. The lowest BCUT2D eigenvalue weighted by Crippen LogP contribution is -2.42. The van der Waals surface area contributed by atoms with Gasteiger partial charge in [-0.25, -0.2) is 14.8 Å². The number of piperidine rings is 1. The molecule has 1 aliphatic heterocycles. The molecule has 3 heterocycles. The number of rotatable bonds is 9. The molecule has 0 spiro atoms. The molecule has 0 bridgehead atoms. The van der Waals surface area contributed by atoms with E-state index in [9.17, 15) is 9.90 Å². The zero-order valence-corrected chi connectivity index (χ0v) is 23.2. The van der Waals surface area contributed by atoms with Crippen LogP contribution in [-0.2, 0) is 6.54 Å². The number of anilines is 2. The molecule has 8 heteroatoms. The number of hydrogen-bond acceptors (Lipinski definition) is 6. The van der Waals surface area contributed by atoms with E-state index >= 15 is 0 Å². The number of nitrogens with one attached hydrogen (secondary N) is 1. The molecule has 1 saturated heterocycles. The highest BCUT2D eigenvalue weighted by Gasteiger charge is 2.32. The van der Waals surface area contributed by atoms with Crippen molar-refractivity contribution in [1.29, 1.82) is 0 Å². The van der Waals surface area contributed by atoms with Crippen molar-refractivity contribution in [1.82, 2.24) is 19.5 Å². The Morgan fingerprint density at radius 1 is 1.00 bits per heavy atom. The van der Waals surface area contributed by atoms with Gasteiger partial charge in [-0.3, -0.25) is 0 Å². The summed E-state index contributed by atoms with van der Waals surface area (Å²) in [6.07, 6.45) is 13.4. The van der Waals surface area contributed by atoms with E-state index in [-0.39, 0.29) is 11.9 Å². The minimum atomic E-state index is -1.10. The van der Waals surface area contributed by atoms with Crippen LogP contribution in [0.4, 0.5) is 11.8 Å². The van der Waals surface area contributed by atoms with Crippen molar-refractivity contribution in [2.45, 2.75) is 117 Å². The molecular weight excluding hydrogens is 464 g/mol. The van der Waals surface area contributed by atoms with Gasteiger partial charge in [-0.2, -0.15) is 4.98 Å². The number of hydrogen-bond donors (Lipinski definition) is 2.